The topological polar surface area (TPSA) is 67.9 Å². The number of carbonyl (C=O) groups is 2. The molecule has 1 aliphatic rings. The number of methoxy groups -OCH3 is 1. The van der Waals surface area contributed by atoms with Gasteiger partial charge in [-0.3, -0.25) is 9.59 Å². The lowest BCUT2D eigenvalue weighted by Gasteiger charge is -2.17. The normalized spacial score (nSPS) is 16.6. The summed E-state index contributed by atoms with van der Waals surface area (Å²) in [6, 6.07) is 16.2. The second-order valence-electron chi connectivity index (χ2n) is 5.77. The molecular formula is C19H20N2O4. The maximum atomic E-state index is 12.1. The molecule has 1 atom stereocenters. The molecule has 2 aromatic rings. The molecule has 1 fully saturated rings. The molecular weight excluding hydrogens is 320 g/mol. The van der Waals surface area contributed by atoms with Crippen LogP contribution in [0.5, 0.6) is 11.5 Å². The van der Waals surface area contributed by atoms with E-state index >= 15 is 0 Å². The van der Waals surface area contributed by atoms with Gasteiger partial charge in [0.05, 0.1) is 13.2 Å². The van der Waals surface area contributed by atoms with Gasteiger partial charge in [-0.1, -0.05) is 18.2 Å². The van der Waals surface area contributed by atoms with E-state index < -0.39 is 0 Å². The van der Waals surface area contributed by atoms with Crippen molar-refractivity contribution in [2.75, 3.05) is 25.2 Å². The van der Waals surface area contributed by atoms with Crippen molar-refractivity contribution in [3.05, 3.63) is 54.6 Å². The first kappa shape index (κ1) is 16.8. The number of rotatable bonds is 6. The van der Waals surface area contributed by atoms with Gasteiger partial charge in [-0.2, -0.15) is 0 Å². The van der Waals surface area contributed by atoms with Crippen molar-refractivity contribution in [1.29, 1.82) is 0 Å². The molecule has 0 spiro atoms. The fourth-order valence-electron chi connectivity index (χ4n) is 2.75. The zero-order chi connectivity index (χ0) is 17.6. The quantitative estimate of drug-likeness (QED) is 0.873. The van der Waals surface area contributed by atoms with Gasteiger partial charge >= 0.3 is 0 Å². The van der Waals surface area contributed by atoms with Crippen LogP contribution >= 0.6 is 0 Å². The van der Waals surface area contributed by atoms with E-state index in [9.17, 15) is 9.59 Å². The third-order valence-corrected chi connectivity index (χ3v) is 3.99. The fraction of sp³-hybridized carbons (Fsp3) is 0.263. The Hall–Kier alpha value is -3.02. The highest BCUT2D eigenvalue weighted by Gasteiger charge is 2.31. The summed E-state index contributed by atoms with van der Waals surface area (Å²) < 4.78 is 10.5. The summed E-state index contributed by atoms with van der Waals surface area (Å²) >= 11 is 0. The summed E-state index contributed by atoms with van der Waals surface area (Å²) in [6.45, 7) is 0.374. The van der Waals surface area contributed by atoms with Crippen LogP contribution in [0.2, 0.25) is 0 Å². The van der Waals surface area contributed by atoms with Crippen molar-refractivity contribution in [1.82, 2.24) is 5.32 Å². The van der Waals surface area contributed by atoms with Crippen LogP contribution in [0.15, 0.2) is 54.6 Å². The number of anilines is 1. The van der Waals surface area contributed by atoms with E-state index in [-0.39, 0.29) is 24.5 Å². The molecule has 0 saturated carbocycles. The molecule has 1 aliphatic heterocycles. The Labute approximate surface area is 146 Å². The van der Waals surface area contributed by atoms with Gasteiger partial charge in [-0.05, 0) is 36.4 Å². The molecule has 1 saturated heterocycles. The second-order valence-corrected chi connectivity index (χ2v) is 5.77. The second kappa shape index (κ2) is 7.70. The summed E-state index contributed by atoms with van der Waals surface area (Å²) in [7, 11) is 1.59. The number of para-hydroxylation sites is 1. The molecule has 0 bridgehead atoms. The molecule has 3 rings (SSSR count). The fourth-order valence-corrected chi connectivity index (χ4v) is 2.75. The highest BCUT2D eigenvalue weighted by molar-refractivity contribution is 5.96. The highest BCUT2D eigenvalue weighted by atomic mass is 16.5. The molecule has 130 valence electrons. The lowest BCUT2D eigenvalue weighted by Crippen LogP contribution is -2.39. The SMILES string of the molecule is COc1ccc(OCC(=O)N[C@@H]2CC(=O)N(c3ccccc3)C2)cc1. The summed E-state index contributed by atoms with van der Waals surface area (Å²) in [5.74, 6) is 1.07. The third kappa shape index (κ3) is 4.29. The minimum Gasteiger partial charge on any atom is -0.497 e. The van der Waals surface area contributed by atoms with Gasteiger partial charge in [0.25, 0.3) is 5.91 Å². The van der Waals surface area contributed by atoms with E-state index in [1.807, 2.05) is 30.3 Å². The first-order valence-corrected chi connectivity index (χ1v) is 8.07. The third-order valence-electron chi connectivity index (χ3n) is 3.99. The molecule has 2 amide bonds. The Morgan fingerprint density at radius 3 is 2.48 bits per heavy atom. The van der Waals surface area contributed by atoms with Crippen molar-refractivity contribution >= 4 is 17.5 Å². The van der Waals surface area contributed by atoms with Crippen LogP contribution in [0, 0.1) is 0 Å². The number of carbonyl (C=O) groups excluding carboxylic acids is 2. The Kier molecular flexibility index (Phi) is 5.18. The van der Waals surface area contributed by atoms with Gasteiger partial charge in [-0.25, -0.2) is 0 Å². The number of nitrogens with one attached hydrogen (secondary N) is 1. The molecule has 6 nitrogen and oxygen atoms in total. The summed E-state index contributed by atoms with van der Waals surface area (Å²) in [6.07, 6.45) is 0.295. The zero-order valence-electron chi connectivity index (χ0n) is 14.0. The van der Waals surface area contributed by atoms with Gasteiger partial charge in [0.2, 0.25) is 5.91 Å². The monoisotopic (exact) mass is 340 g/mol. The molecule has 0 radical (unpaired) electrons. The zero-order valence-corrected chi connectivity index (χ0v) is 14.0. The Morgan fingerprint density at radius 1 is 1.12 bits per heavy atom. The number of ether oxygens (including phenoxy) is 2. The van der Waals surface area contributed by atoms with Crippen LogP contribution in [0.1, 0.15) is 6.42 Å². The minimum absolute atomic E-state index is 0.00701. The first-order valence-electron chi connectivity index (χ1n) is 8.07. The Bertz CT molecular complexity index is 731. The average molecular weight is 340 g/mol. The van der Waals surface area contributed by atoms with Crippen molar-refractivity contribution in [2.24, 2.45) is 0 Å². The van der Waals surface area contributed by atoms with Crippen molar-refractivity contribution in [3.8, 4) is 11.5 Å². The molecule has 1 N–H and O–H groups in total. The molecule has 0 aliphatic carbocycles. The van der Waals surface area contributed by atoms with E-state index in [2.05, 4.69) is 5.32 Å². The minimum atomic E-state index is -0.247. The molecule has 2 aromatic carbocycles. The van der Waals surface area contributed by atoms with Crippen LogP contribution in [0.3, 0.4) is 0 Å². The standard InChI is InChI=1S/C19H20N2O4/c1-24-16-7-9-17(10-8-16)25-13-18(22)20-14-11-19(23)21(12-14)15-5-3-2-4-6-15/h2-10,14H,11-13H2,1H3,(H,20,22)/t14-/m1/s1. The lowest BCUT2D eigenvalue weighted by molar-refractivity contribution is -0.123. The number of hydrogen-bond acceptors (Lipinski definition) is 4. The predicted octanol–water partition coefficient (Wildman–Crippen LogP) is 2.00. The predicted molar refractivity (Wildman–Crippen MR) is 93.8 cm³/mol. The number of hydrogen-bond donors (Lipinski definition) is 1. The maximum absolute atomic E-state index is 12.1. The van der Waals surface area contributed by atoms with Gasteiger partial charge < -0.3 is 19.7 Å². The molecule has 0 unspecified atom stereocenters. The van der Waals surface area contributed by atoms with E-state index in [0.29, 0.717) is 18.7 Å². The lowest BCUT2D eigenvalue weighted by atomic mass is 10.2. The van der Waals surface area contributed by atoms with Gasteiger partial charge in [-0.15, -0.1) is 0 Å². The smallest absolute Gasteiger partial charge is 0.258 e. The average Bonchev–Trinajstić information content (AvgIpc) is 3.01. The van der Waals surface area contributed by atoms with Gasteiger partial charge in [0.15, 0.2) is 6.61 Å². The van der Waals surface area contributed by atoms with Crippen LogP contribution in [0.4, 0.5) is 5.69 Å². The van der Waals surface area contributed by atoms with E-state index in [4.69, 9.17) is 9.47 Å². The summed E-state index contributed by atoms with van der Waals surface area (Å²) in [5.41, 5.74) is 0.846. The molecule has 25 heavy (non-hydrogen) atoms. The Morgan fingerprint density at radius 2 is 1.80 bits per heavy atom. The van der Waals surface area contributed by atoms with Crippen LogP contribution in [0.25, 0.3) is 0 Å². The molecule has 0 aromatic heterocycles. The summed E-state index contributed by atoms with van der Waals surface area (Å²) in [5, 5.41) is 2.85. The van der Waals surface area contributed by atoms with Crippen molar-refractivity contribution < 1.29 is 19.1 Å². The number of amides is 2. The van der Waals surface area contributed by atoms with Crippen LogP contribution in [-0.2, 0) is 9.59 Å². The van der Waals surface area contributed by atoms with Gasteiger partial charge in [0.1, 0.15) is 11.5 Å². The van der Waals surface area contributed by atoms with E-state index in [1.54, 1.807) is 36.3 Å². The number of benzene rings is 2. The summed E-state index contributed by atoms with van der Waals surface area (Å²) in [4.78, 5) is 25.9. The van der Waals surface area contributed by atoms with Crippen LogP contribution in [-0.4, -0.2) is 38.1 Å². The number of nitrogens with zero attached hydrogens (tertiary/aromatic N) is 1. The van der Waals surface area contributed by atoms with Crippen LogP contribution < -0.4 is 19.7 Å². The van der Waals surface area contributed by atoms with Gasteiger partial charge in [0, 0.05) is 18.7 Å². The van der Waals surface area contributed by atoms with E-state index in [1.165, 1.54) is 0 Å². The highest BCUT2D eigenvalue weighted by Crippen LogP contribution is 2.21. The molecule has 1 heterocycles. The molecule has 6 heteroatoms. The van der Waals surface area contributed by atoms with E-state index in [0.717, 1.165) is 11.4 Å². The van der Waals surface area contributed by atoms with Crippen molar-refractivity contribution in [2.45, 2.75) is 12.5 Å². The maximum Gasteiger partial charge on any atom is 0.258 e. The largest absolute Gasteiger partial charge is 0.497 e. The first-order chi connectivity index (χ1) is 12.2. The van der Waals surface area contributed by atoms with Crippen molar-refractivity contribution in [3.63, 3.8) is 0 Å². The Balaban J connectivity index is 1.49.